The smallest absolute Gasteiger partial charge is 0.276 e. The van der Waals surface area contributed by atoms with Crippen LogP contribution < -0.4 is 10.6 Å². The molecule has 0 saturated heterocycles. The number of nitrogens with one attached hydrogen (secondary N) is 3. The molecule has 2 aromatic rings. The number of nitrogens with zero attached hydrogens (tertiary/aromatic N) is 2. The van der Waals surface area contributed by atoms with E-state index in [9.17, 15) is 13.2 Å². The van der Waals surface area contributed by atoms with Crippen molar-refractivity contribution in [2.24, 2.45) is 0 Å². The summed E-state index contributed by atoms with van der Waals surface area (Å²) in [6.45, 7) is 3.15. The van der Waals surface area contributed by atoms with Crippen LogP contribution in [0.3, 0.4) is 0 Å². The van der Waals surface area contributed by atoms with Gasteiger partial charge in [-0.1, -0.05) is 6.07 Å². The highest BCUT2D eigenvalue weighted by atomic mass is 32.2. The van der Waals surface area contributed by atoms with Gasteiger partial charge in [0, 0.05) is 50.6 Å². The van der Waals surface area contributed by atoms with Gasteiger partial charge in [0.1, 0.15) is 0 Å². The van der Waals surface area contributed by atoms with Crippen molar-refractivity contribution in [3.63, 3.8) is 0 Å². The van der Waals surface area contributed by atoms with Gasteiger partial charge in [-0.25, -0.2) is 12.7 Å². The summed E-state index contributed by atoms with van der Waals surface area (Å²) in [5.74, 6) is -0.363. The van der Waals surface area contributed by atoms with Gasteiger partial charge in [0.15, 0.2) is 5.69 Å². The summed E-state index contributed by atoms with van der Waals surface area (Å²) < 4.78 is 25.9. The highest BCUT2D eigenvalue weighted by molar-refractivity contribution is 7.89. The van der Waals surface area contributed by atoms with E-state index in [2.05, 4.69) is 20.8 Å². The van der Waals surface area contributed by atoms with Crippen molar-refractivity contribution < 1.29 is 13.2 Å². The number of benzene rings is 1. The molecular formula is C16H21N5O3S. The summed E-state index contributed by atoms with van der Waals surface area (Å²) >= 11 is 0. The van der Waals surface area contributed by atoms with Gasteiger partial charge in [0.2, 0.25) is 10.0 Å². The molecule has 0 fully saturated rings. The van der Waals surface area contributed by atoms with E-state index in [1.807, 2.05) is 0 Å². The van der Waals surface area contributed by atoms with E-state index >= 15 is 0 Å². The molecule has 1 aromatic carbocycles. The molecule has 0 unspecified atom stereocenters. The molecule has 0 saturated carbocycles. The Morgan fingerprint density at radius 3 is 2.80 bits per heavy atom. The fourth-order valence-corrected chi connectivity index (χ4v) is 3.90. The summed E-state index contributed by atoms with van der Waals surface area (Å²) in [6.07, 6.45) is 0.797. The molecule has 25 heavy (non-hydrogen) atoms. The van der Waals surface area contributed by atoms with Crippen molar-refractivity contribution in [3.8, 4) is 0 Å². The second-order valence-corrected chi connectivity index (χ2v) is 8.30. The number of rotatable bonds is 4. The molecule has 0 atom stereocenters. The molecule has 0 spiro atoms. The highest BCUT2D eigenvalue weighted by Gasteiger charge is 2.23. The Balaban J connectivity index is 1.89. The molecule has 3 N–H and O–H groups in total. The molecule has 0 bridgehead atoms. The average molecular weight is 363 g/mol. The van der Waals surface area contributed by atoms with Crippen molar-refractivity contribution >= 4 is 21.6 Å². The number of aromatic amines is 1. The van der Waals surface area contributed by atoms with E-state index in [0.29, 0.717) is 23.5 Å². The maximum absolute atomic E-state index is 12.5. The van der Waals surface area contributed by atoms with Gasteiger partial charge in [0.25, 0.3) is 5.91 Å². The highest BCUT2D eigenvalue weighted by Crippen LogP contribution is 2.23. The standard InChI is InChI=1S/C16H21N5O3S/c1-10-4-5-11(8-14(10)25(23,24)21(2)3)18-16(22)15-12-9-17-7-6-13(12)19-20-15/h4-5,8,17H,6-7,9H2,1-3H3,(H,18,22)(H,19,20). The number of sulfonamides is 1. The molecule has 3 rings (SSSR count). The van der Waals surface area contributed by atoms with Crippen LogP contribution in [0.4, 0.5) is 5.69 Å². The topological polar surface area (TPSA) is 107 Å². The maximum Gasteiger partial charge on any atom is 0.276 e. The summed E-state index contributed by atoms with van der Waals surface area (Å²) in [5, 5.41) is 13.0. The quantitative estimate of drug-likeness (QED) is 0.747. The number of hydrogen-bond acceptors (Lipinski definition) is 5. The lowest BCUT2D eigenvalue weighted by atomic mass is 10.1. The van der Waals surface area contributed by atoms with Crippen LogP contribution in [0.5, 0.6) is 0 Å². The largest absolute Gasteiger partial charge is 0.321 e. The first-order valence-corrected chi connectivity index (χ1v) is 9.36. The molecule has 1 aromatic heterocycles. The molecule has 2 heterocycles. The molecule has 1 aliphatic heterocycles. The third-order valence-corrected chi connectivity index (χ3v) is 6.18. The second-order valence-electron chi connectivity index (χ2n) is 6.18. The van der Waals surface area contributed by atoms with E-state index in [4.69, 9.17) is 0 Å². The zero-order chi connectivity index (χ0) is 18.2. The van der Waals surface area contributed by atoms with E-state index in [1.54, 1.807) is 19.1 Å². The lowest BCUT2D eigenvalue weighted by molar-refractivity contribution is 0.102. The van der Waals surface area contributed by atoms with Gasteiger partial charge < -0.3 is 10.6 Å². The Kier molecular flexibility index (Phi) is 4.63. The number of H-pyrrole nitrogens is 1. The van der Waals surface area contributed by atoms with E-state index < -0.39 is 10.0 Å². The van der Waals surface area contributed by atoms with E-state index in [0.717, 1.165) is 28.5 Å². The molecule has 8 nitrogen and oxygen atoms in total. The predicted octanol–water partition coefficient (Wildman–Crippen LogP) is 0.866. The summed E-state index contributed by atoms with van der Waals surface area (Å²) in [5.41, 5.74) is 3.19. The first-order chi connectivity index (χ1) is 11.8. The van der Waals surface area contributed by atoms with Crippen LogP contribution in [-0.2, 0) is 23.0 Å². The minimum absolute atomic E-state index is 0.168. The lowest BCUT2D eigenvalue weighted by Gasteiger charge is -2.15. The lowest BCUT2D eigenvalue weighted by Crippen LogP contribution is -2.25. The zero-order valence-corrected chi connectivity index (χ0v) is 15.2. The van der Waals surface area contributed by atoms with Crippen LogP contribution in [0.15, 0.2) is 23.1 Å². The minimum Gasteiger partial charge on any atom is -0.321 e. The molecule has 1 aliphatic rings. The maximum atomic E-state index is 12.5. The number of amides is 1. The Morgan fingerprint density at radius 1 is 1.32 bits per heavy atom. The Bertz CT molecular complexity index is 918. The third kappa shape index (κ3) is 3.30. The molecular weight excluding hydrogens is 342 g/mol. The van der Waals surface area contributed by atoms with Crippen molar-refractivity contribution in [2.75, 3.05) is 26.0 Å². The molecule has 1 amide bonds. The summed E-state index contributed by atoms with van der Waals surface area (Å²) in [6, 6.07) is 4.83. The number of carbonyl (C=O) groups is 1. The first-order valence-electron chi connectivity index (χ1n) is 7.92. The van der Waals surface area contributed by atoms with Crippen molar-refractivity contribution in [1.82, 2.24) is 19.8 Å². The van der Waals surface area contributed by atoms with Crippen molar-refractivity contribution in [3.05, 3.63) is 40.7 Å². The van der Waals surface area contributed by atoms with Gasteiger partial charge in [-0.2, -0.15) is 5.10 Å². The Hall–Kier alpha value is -2.23. The monoisotopic (exact) mass is 363 g/mol. The number of carbonyl (C=O) groups excluding carboxylic acids is 1. The average Bonchev–Trinajstić information content (AvgIpc) is 3.00. The number of fused-ring (bicyclic) bond motifs is 1. The molecule has 9 heteroatoms. The molecule has 134 valence electrons. The molecule has 0 radical (unpaired) electrons. The van der Waals surface area contributed by atoms with Gasteiger partial charge in [-0.15, -0.1) is 0 Å². The van der Waals surface area contributed by atoms with Crippen LogP contribution in [0.1, 0.15) is 27.3 Å². The SMILES string of the molecule is Cc1ccc(NC(=O)c2n[nH]c3c2CNCC3)cc1S(=O)(=O)N(C)C. The van der Waals surface area contributed by atoms with Crippen LogP contribution in [-0.4, -0.2) is 49.5 Å². The summed E-state index contributed by atoms with van der Waals surface area (Å²) in [7, 11) is -0.633. The number of aryl methyl sites for hydroxylation is 1. The predicted molar refractivity (Wildman–Crippen MR) is 94.0 cm³/mol. The van der Waals surface area contributed by atoms with Crippen LogP contribution in [0.25, 0.3) is 0 Å². The summed E-state index contributed by atoms with van der Waals surface area (Å²) in [4.78, 5) is 12.7. The number of aromatic nitrogens is 2. The van der Waals surface area contributed by atoms with Crippen LogP contribution >= 0.6 is 0 Å². The van der Waals surface area contributed by atoms with Crippen molar-refractivity contribution in [1.29, 1.82) is 0 Å². The fraction of sp³-hybridized carbons (Fsp3) is 0.375. The van der Waals surface area contributed by atoms with Gasteiger partial charge >= 0.3 is 0 Å². The van der Waals surface area contributed by atoms with Gasteiger partial charge in [-0.05, 0) is 24.6 Å². The van der Waals surface area contributed by atoms with Crippen LogP contribution in [0, 0.1) is 6.92 Å². The Labute approximate surface area is 146 Å². The third-order valence-electron chi connectivity index (χ3n) is 4.23. The first kappa shape index (κ1) is 17.6. The van der Waals surface area contributed by atoms with Crippen molar-refractivity contribution in [2.45, 2.75) is 24.8 Å². The zero-order valence-electron chi connectivity index (χ0n) is 14.4. The number of anilines is 1. The normalized spacial score (nSPS) is 14.4. The number of hydrogen-bond donors (Lipinski definition) is 3. The van der Waals surface area contributed by atoms with Gasteiger partial charge in [0.05, 0.1) is 4.90 Å². The minimum atomic E-state index is -3.58. The molecule has 0 aliphatic carbocycles. The van der Waals surface area contributed by atoms with Gasteiger partial charge in [-0.3, -0.25) is 9.89 Å². The Morgan fingerprint density at radius 2 is 2.08 bits per heavy atom. The van der Waals surface area contributed by atoms with E-state index in [1.165, 1.54) is 20.2 Å². The van der Waals surface area contributed by atoms with E-state index in [-0.39, 0.29) is 10.8 Å². The second kappa shape index (κ2) is 6.58. The fourth-order valence-electron chi connectivity index (χ4n) is 2.76. The van der Waals surface area contributed by atoms with Crippen LogP contribution in [0.2, 0.25) is 0 Å².